The van der Waals surface area contributed by atoms with Crippen LogP contribution in [-0.4, -0.2) is 4.98 Å². The van der Waals surface area contributed by atoms with Gasteiger partial charge in [-0.15, -0.1) is 0 Å². The SMILES string of the molecule is [2H]c1cc(C([2H])([2H])C(C)(C)C)cc(C([2H])([2H])[2H])c1-c1cc(-c2cccc3c2oc2c4ccc(C#N)cc4ccc32)ncc1C([2H])([2H])[2H]. The molecule has 2 aromatic heterocycles. The van der Waals surface area contributed by atoms with Crippen LogP contribution in [0.5, 0.6) is 0 Å². The molecule has 0 radical (unpaired) electrons. The van der Waals surface area contributed by atoms with Gasteiger partial charge in [0.1, 0.15) is 11.2 Å². The zero-order valence-corrected chi connectivity index (χ0v) is 21.2. The number of nitrogens with zero attached hydrogens (tertiary/aromatic N) is 2. The van der Waals surface area contributed by atoms with E-state index in [9.17, 15) is 5.26 Å². The van der Waals surface area contributed by atoms with Crippen LogP contribution >= 0.6 is 0 Å². The lowest BCUT2D eigenvalue weighted by Gasteiger charge is -2.19. The van der Waals surface area contributed by atoms with Crippen LogP contribution < -0.4 is 0 Å². The summed E-state index contributed by atoms with van der Waals surface area (Å²) < 4.78 is 82.8. The molecule has 3 heteroatoms. The fraction of sp³-hybridized carbons (Fsp3) is 0.200. The minimum Gasteiger partial charge on any atom is -0.455 e. The van der Waals surface area contributed by atoms with Gasteiger partial charge in [-0.05, 0) is 95.1 Å². The molecule has 0 fully saturated rings. The quantitative estimate of drug-likeness (QED) is 0.241. The van der Waals surface area contributed by atoms with Gasteiger partial charge in [0.05, 0.1) is 18.7 Å². The first-order chi connectivity index (χ1) is 21.8. The number of benzene rings is 4. The lowest BCUT2D eigenvalue weighted by atomic mass is 9.86. The highest BCUT2D eigenvalue weighted by molar-refractivity contribution is 6.17. The molecule has 0 aliphatic rings. The summed E-state index contributed by atoms with van der Waals surface area (Å²) in [5, 5.41) is 12.6. The molecule has 0 spiro atoms. The number of aromatic nitrogens is 1. The molecule has 0 aliphatic heterocycles. The van der Waals surface area contributed by atoms with E-state index in [2.05, 4.69) is 11.1 Å². The van der Waals surface area contributed by atoms with Crippen molar-refractivity contribution in [3.05, 3.63) is 101 Å². The first kappa shape index (κ1) is 15.7. The van der Waals surface area contributed by atoms with Gasteiger partial charge < -0.3 is 4.42 Å². The zero-order valence-electron chi connectivity index (χ0n) is 30.2. The van der Waals surface area contributed by atoms with E-state index in [4.69, 9.17) is 16.8 Å². The topological polar surface area (TPSA) is 49.8 Å². The number of furan rings is 1. The van der Waals surface area contributed by atoms with Gasteiger partial charge >= 0.3 is 0 Å². The number of rotatable bonds is 3. The van der Waals surface area contributed by atoms with Gasteiger partial charge in [0, 0.05) is 38.9 Å². The molecule has 0 unspecified atom stereocenters. The van der Waals surface area contributed by atoms with E-state index < -0.39 is 25.5 Å². The van der Waals surface area contributed by atoms with Gasteiger partial charge in [0.15, 0.2) is 0 Å². The van der Waals surface area contributed by atoms with E-state index in [1.165, 1.54) is 24.4 Å². The summed E-state index contributed by atoms with van der Waals surface area (Å²) in [6.45, 7) is -0.439. The second-order valence-corrected chi connectivity index (χ2v) is 10.4. The molecule has 0 amide bonds. The predicted molar refractivity (Wildman–Crippen MR) is 157 cm³/mol. The lowest BCUT2D eigenvalue weighted by Crippen LogP contribution is -2.09. The van der Waals surface area contributed by atoms with Gasteiger partial charge in [0.25, 0.3) is 0 Å². The van der Waals surface area contributed by atoms with Crippen LogP contribution in [0.3, 0.4) is 0 Å². The van der Waals surface area contributed by atoms with Crippen molar-refractivity contribution in [2.24, 2.45) is 5.41 Å². The summed E-state index contributed by atoms with van der Waals surface area (Å²) in [6.07, 6.45) is -0.808. The summed E-state index contributed by atoms with van der Waals surface area (Å²) in [4.78, 5) is 4.50. The fourth-order valence-electron chi connectivity index (χ4n) is 4.89. The maximum absolute atomic E-state index is 9.35. The molecule has 0 saturated carbocycles. The Hall–Kier alpha value is -4.42. The van der Waals surface area contributed by atoms with Crippen molar-refractivity contribution in [2.45, 2.75) is 40.8 Å². The summed E-state index contributed by atoms with van der Waals surface area (Å²) in [6, 6.07) is 20.5. The number of para-hydroxylation sites is 1. The molecular formula is C35H30N2O. The number of pyridine rings is 1. The van der Waals surface area contributed by atoms with E-state index in [1.807, 2.05) is 30.3 Å². The van der Waals surface area contributed by atoms with Crippen molar-refractivity contribution in [2.75, 3.05) is 0 Å². The number of hydrogen-bond acceptors (Lipinski definition) is 3. The summed E-state index contributed by atoms with van der Waals surface area (Å²) in [5.41, 5.74) is 0.869. The van der Waals surface area contributed by atoms with Crippen molar-refractivity contribution in [1.29, 1.82) is 5.26 Å². The van der Waals surface area contributed by atoms with Crippen LogP contribution in [-0.2, 0) is 6.37 Å². The first-order valence-corrected chi connectivity index (χ1v) is 12.3. The van der Waals surface area contributed by atoms with Crippen LogP contribution in [0.1, 0.15) is 55.4 Å². The Balaban J connectivity index is 1.64. The highest BCUT2D eigenvalue weighted by Gasteiger charge is 2.17. The van der Waals surface area contributed by atoms with Crippen LogP contribution in [0, 0.1) is 30.4 Å². The third-order valence-corrected chi connectivity index (χ3v) is 6.52. The Morgan fingerprint density at radius 2 is 1.71 bits per heavy atom. The zero-order chi connectivity index (χ0) is 34.3. The second kappa shape index (κ2) is 8.85. The average Bonchev–Trinajstić information content (AvgIpc) is 3.38. The molecule has 3 nitrogen and oxygen atoms in total. The summed E-state index contributed by atoms with van der Waals surface area (Å²) >= 11 is 0. The van der Waals surface area contributed by atoms with Crippen molar-refractivity contribution in [1.82, 2.24) is 4.98 Å². The van der Waals surface area contributed by atoms with E-state index in [1.54, 1.807) is 39.0 Å². The number of hydrogen-bond donors (Lipinski definition) is 0. The first-order valence-electron chi connectivity index (χ1n) is 16.8. The summed E-state index contributed by atoms with van der Waals surface area (Å²) in [5.74, 6) is 0. The van der Waals surface area contributed by atoms with Crippen molar-refractivity contribution in [3.8, 4) is 28.5 Å². The maximum atomic E-state index is 9.35. The molecule has 0 saturated heterocycles. The minimum absolute atomic E-state index is 0.00316. The molecule has 4 aromatic carbocycles. The second-order valence-electron chi connectivity index (χ2n) is 10.4. The molecule has 0 aliphatic carbocycles. The van der Waals surface area contributed by atoms with Crippen LogP contribution in [0.15, 0.2) is 83.4 Å². The van der Waals surface area contributed by atoms with E-state index in [-0.39, 0.29) is 33.9 Å². The Labute approximate surface area is 236 Å². The third-order valence-electron chi connectivity index (χ3n) is 6.52. The Bertz CT molecular complexity index is 2270. The lowest BCUT2D eigenvalue weighted by molar-refractivity contribution is 0.411. The minimum atomic E-state index is -2.80. The molecular weight excluding hydrogens is 464 g/mol. The van der Waals surface area contributed by atoms with E-state index in [0.29, 0.717) is 28.0 Å². The molecule has 0 N–H and O–H groups in total. The highest BCUT2D eigenvalue weighted by Crippen LogP contribution is 2.39. The monoisotopic (exact) mass is 503 g/mol. The summed E-state index contributed by atoms with van der Waals surface area (Å²) in [7, 11) is 0. The molecule has 6 rings (SSSR count). The Kier molecular flexibility index (Phi) is 3.67. The van der Waals surface area contributed by atoms with Crippen molar-refractivity contribution >= 4 is 32.7 Å². The molecule has 6 aromatic rings. The van der Waals surface area contributed by atoms with Crippen LogP contribution in [0.2, 0.25) is 0 Å². The van der Waals surface area contributed by atoms with Crippen molar-refractivity contribution in [3.63, 3.8) is 0 Å². The van der Waals surface area contributed by atoms with Gasteiger partial charge in [-0.2, -0.15) is 5.26 Å². The standard InChI is InChI=1S/C35H30N2O/c1-21-15-23(18-35(3,4)5)9-12-26(21)31-17-32(37-20-22(31)2)30-8-6-7-28-29-14-11-25-16-24(19-36)10-13-27(25)33(29)38-34(28)30/h6-17,20H,18H2,1-5H3/i1D3,2D3,12D,18D2. The van der Waals surface area contributed by atoms with Gasteiger partial charge in [-0.3, -0.25) is 4.98 Å². The van der Waals surface area contributed by atoms with E-state index >= 15 is 0 Å². The smallest absolute Gasteiger partial charge is 0.144 e. The number of fused-ring (bicyclic) bond motifs is 5. The van der Waals surface area contributed by atoms with Gasteiger partial charge in [-0.1, -0.05) is 57.1 Å². The molecule has 0 atom stereocenters. The van der Waals surface area contributed by atoms with Gasteiger partial charge in [-0.25, -0.2) is 0 Å². The average molecular weight is 504 g/mol. The molecule has 186 valence electrons. The molecule has 0 bridgehead atoms. The van der Waals surface area contributed by atoms with Crippen LogP contribution in [0.4, 0.5) is 0 Å². The molecule has 38 heavy (non-hydrogen) atoms. The maximum Gasteiger partial charge on any atom is 0.144 e. The molecule has 2 heterocycles. The Morgan fingerprint density at radius 3 is 2.50 bits per heavy atom. The number of aryl methyl sites for hydroxylation is 2. The fourth-order valence-corrected chi connectivity index (χ4v) is 4.89. The van der Waals surface area contributed by atoms with Crippen molar-refractivity contribution < 1.29 is 16.8 Å². The Morgan fingerprint density at radius 1 is 0.895 bits per heavy atom. The number of nitriles is 1. The normalized spacial score (nSPS) is 16.4. The largest absolute Gasteiger partial charge is 0.455 e. The third kappa shape index (κ3) is 4.13. The van der Waals surface area contributed by atoms with E-state index in [0.717, 1.165) is 21.5 Å². The van der Waals surface area contributed by atoms with Gasteiger partial charge in [0.2, 0.25) is 0 Å². The highest BCUT2D eigenvalue weighted by atomic mass is 16.3. The van der Waals surface area contributed by atoms with Crippen LogP contribution in [0.25, 0.3) is 55.1 Å². The predicted octanol–water partition coefficient (Wildman–Crippen LogP) is 9.55.